The van der Waals surface area contributed by atoms with Gasteiger partial charge in [0.05, 0.1) is 0 Å². The summed E-state index contributed by atoms with van der Waals surface area (Å²) in [5.41, 5.74) is 9.12. The second-order valence-electron chi connectivity index (χ2n) is 4.85. The molecule has 0 radical (unpaired) electrons. The van der Waals surface area contributed by atoms with E-state index in [0.29, 0.717) is 11.6 Å². The van der Waals surface area contributed by atoms with Gasteiger partial charge in [-0.3, -0.25) is 0 Å². The molecule has 0 heterocycles. The number of benzene rings is 2. The molecular weight excluding hydrogens is 338 g/mol. The number of hydrogen-bond donors (Lipinski definition) is 1. The van der Waals surface area contributed by atoms with Crippen molar-refractivity contribution in [3.63, 3.8) is 0 Å². The normalized spacial score (nSPS) is 12.2. The largest absolute Gasteiger partial charge is 0.489 e. The first kappa shape index (κ1) is 15.4. The lowest BCUT2D eigenvalue weighted by Gasteiger charge is -2.15. The van der Waals surface area contributed by atoms with Crippen LogP contribution in [-0.4, -0.2) is 0 Å². The lowest BCUT2D eigenvalue weighted by Crippen LogP contribution is -2.08. The van der Waals surface area contributed by atoms with Crippen molar-refractivity contribution in [3.05, 3.63) is 62.6 Å². The molecule has 2 aromatic rings. The molecule has 4 heteroatoms. The fourth-order valence-corrected chi connectivity index (χ4v) is 2.68. The Balaban J connectivity index is 2.18. The van der Waals surface area contributed by atoms with Crippen LogP contribution in [0.25, 0.3) is 0 Å². The lowest BCUT2D eigenvalue weighted by atomic mass is 10.1. The van der Waals surface area contributed by atoms with Crippen molar-refractivity contribution in [1.29, 1.82) is 0 Å². The molecule has 0 saturated carbocycles. The fourth-order valence-electron chi connectivity index (χ4n) is 1.95. The average Bonchev–Trinajstić information content (AvgIpc) is 2.38. The van der Waals surface area contributed by atoms with E-state index in [1.54, 1.807) is 0 Å². The molecule has 0 spiro atoms. The van der Waals surface area contributed by atoms with Crippen molar-refractivity contribution in [2.45, 2.75) is 26.5 Å². The van der Waals surface area contributed by atoms with E-state index in [4.69, 9.17) is 22.1 Å². The standard InChI is InChI=1S/C16H17BrClNO/c1-10-3-6-16(14(7-10)11(2)19)20-9-12-4-5-13(17)8-15(12)18/h3-8,11H,9,19H2,1-2H3. The zero-order chi connectivity index (χ0) is 14.7. The van der Waals surface area contributed by atoms with Crippen LogP contribution in [-0.2, 0) is 6.61 Å². The van der Waals surface area contributed by atoms with E-state index in [1.807, 2.05) is 44.2 Å². The Hall–Kier alpha value is -1.03. The summed E-state index contributed by atoms with van der Waals surface area (Å²) in [5.74, 6) is 0.810. The van der Waals surface area contributed by atoms with Crippen molar-refractivity contribution in [1.82, 2.24) is 0 Å². The summed E-state index contributed by atoms with van der Waals surface area (Å²) in [5, 5.41) is 0.689. The monoisotopic (exact) mass is 353 g/mol. The van der Waals surface area contributed by atoms with Crippen molar-refractivity contribution in [2.75, 3.05) is 0 Å². The highest BCUT2D eigenvalue weighted by Gasteiger charge is 2.09. The minimum absolute atomic E-state index is 0.0645. The van der Waals surface area contributed by atoms with Gasteiger partial charge in [-0.1, -0.05) is 51.3 Å². The van der Waals surface area contributed by atoms with Gasteiger partial charge in [0.15, 0.2) is 0 Å². The Kier molecular flexibility index (Phi) is 5.08. The van der Waals surface area contributed by atoms with E-state index in [9.17, 15) is 0 Å². The third kappa shape index (κ3) is 3.75. The zero-order valence-electron chi connectivity index (χ0n) is 11.5. The molecule has 0 aliphatic carbocycles. The number of rotatable bonds is 4. The van der Waals surface area contributed by atoms with Gasteiger partial charge in [-0.05, 0) is 32.0 Å². The molecule has 0 amide bonds. The summed E-state index contributed by atoms with van der Waals surface area (Å²) in [7, 11) is 0. The predicted molar refractivity (Wildman–Crippen MR) is 87.3 cm³/mol. The van der Waals surface area contributed by atoms with Gasteiger partial charge < -0.3 is 10.5 Å². The van der Waals surface area contributed by atoms with E-state index >= 15 is 0 Å². The molecule has 0 aromatic heterocycles. The molecule has 1 atom stereocenters. The first-order chi connectivity index (χ1) is 9.47. The van der Waals surface area contributed by atoms with Crippen molar-refractivity contribution < 1.29 is 4.74 Å². The number of aryl methyl sites for hydroxylation is 1. The van der Waals surface area contributed by atoms with Gasteiger partial charge in [-0.2, -0.15) is 0 Å². The molecular formula is C16H17BrClNO. The number of hydrogen-bond acceptors (Lipinski definition) is 2. The Morgan fingerprint density at radius 3 is 2.65 bits per heavy atom. The van der Waals surface area contributed by atoms with Crippen LogP contribution in [0.5, 0.6) is 5.75 Å². The Labute approximate surface area is 133 Å². The third-order valence-corrected chi connectivity index (χ3v) is 3.90. The second kappa shape index (κ2) is 6.61. The van der Waals surface area contributed by atoms with Crippen LogP contribution in [0, 0.1) is 6.92 Å². The summed E-state index contributed by atoms with van der Waals surface area (Å²) in [4.78, 5) is 0. The first-order valence-corrected chi connectivity index (χ1v) is 7.57. The molecule has 106 valence electrons. The quantitative estimate of drug-likeness (QED) is 0.837. The molecule has 1 unspecified atom stereocenters. The maximum atomic E-state index is 6.19. The van der Waals surface area contributed by atoms with E-state index in [1.165, 1.54) is 5.56 Å². The maximum Gasteiger partial charge on any atom is 0.124 e. The Bertz CT molecular complexity index is 613. The first-order valence-electron chi connectivity index (χ1n) is 6.40. The van der Waals surface area contributed by atoms with Crippen LogP contribution in [0.15, 0.2) is 40.9 Å². The molecule has 0 aliphatic heterocycles. The highest BCUT2D eigenvalue weighted by atomic mass is 79.9. The molecule has 2 N–H and O–H groups in total. The lowest BCUT2D eigenvalue weighted by molar-refractivity contribution is 0.301. The fraction of sp³-hybridized carbons (Fsp3) is 0.250. The van der Waals surface area contributed by atoms with Crippen molar-refractivity contribution in [3.8, 4) is 5.75 Å². The summed E-state index contributed by atoms with van der Waals surface area (Å²) in [6.07, 6.45) is 0. The van der Waals surface area contributed by atoms with Crippen LogP contribution in [0.1, 0.15) is 29.7 Å². The molecule has 2 nitrogen and oxygen atoms in total. The molecule has 0 aliphatic rings. The van der Waals surface area contributed by atoms with E-state index in [2.05, 4.69) is 22.0 Å². The van der Waals surface area contributed by atoms with Crippen LogP contribution in [0.4, 0.5) is 0 Å². The summed E-state index contributed by atoms with van der Waals surface area (Å²) < 4.78 is 6.84. The topological polar surface area (TPSA) is 35.2 Å². The number of ether oxygens (including phenoxy) is 1. The predicted octanol–water partition coefficient (Wildman–Crippen LogP) is 5.01. The highest BCUT2D eigenvalue weighted by Crippen LogP contribution is 2.27. The third-order valence-electron chi connectivity index (χ3n) is 3.05. The van der Waals surface area contributed by atoms with E-state index in [0.717, 1.165) is 21.3 Å². The van der Waals surface area contributed by atoms with Gasteiger partial charge >= 0.3 is 0 Å². The van der Waals surface area contributed by atoms with Gasteiger partial charge in [0.2, 0.25) is 0 Å². The number of halogens is 2. The summed E-state index contributed by atoms with van der Waals surface area (Å²) in [6, 6.07) is 11.7. The van der Waals surface area contributed by atoms with Crippen molar-refractivity contribution in [2.24, 2.45) is 5.73 Å². The minimum atomic E-state index is -0.0645. The maximum absolute atomic E-state index is 6.19. The second-order valence-corrected chi connectivity index (χ2v) is 6.18. The molecule has 0 fully saturated rings. The van der Waals surface area contributed by atoms with E-state index in [-0.39, 0.29) is 6.04 Å². The van der Waals surface area contributed by atoms with Crippen LogP contribution < -0.4 is 10.5 Å². The zero-order valence-corrected chi connectivity index (χ0v) is 13.8. The number of nitrogens with two attached hydrogens (primary N) is 1. The van der Waals surface area contributed by atoms with E-state index < -0.39 is 0 Å². The minimum Gasteiger partial charge on any atom is -0.489 e. The van der Waals surface area contributed by atoms with Gasteiger partial charge in [0, 0.05) is 26.7 Å². The molecule has 0 saturated heterocycles. The SMILES string of the molecule is Cc1ccc(OCc2ccc(Br)cc2Cl)c(C(C)N)c1. The average molecular weight is 355 g/mol. The van der Waals surface area contributed by atoms with Crippen LogP contribution in [0.3, 0.4) is 0 Å². The van der Waals surface area contributed by atoms with Gasteiger partial charge in [0.25, 0.3) is 0 Å². The van der Waals surface area contributed by atoms with Crippen LogP contribution in [0.2, 0.25) is 5.02 Å². The summed E-state index contributed by atoms with van der Waals surface area (Å²) >= 11 is 9.58. The molecule has 0 bridgehead atoms. The van der Waals surface area contributed by atoms with Crippen LogP contribution >= 0.6 is 27.5 Å². The van der Waals surface area contributed by atoms with Gasteiger partial charge in [-0.15, -0.1) is 0 Å². The van der Waals surface area contributed by atoms with Crippen molar-refractivity contribution >= 4 is 27.5 Å². The van der Waals surface area contributed by atoms with Gasteiger partial charge in [0.1, 0.15) is 12.4 Å². The molecule has 20 heavy (non-hydrogen) atoms. The molecule has 2 aromatic carbocycles. The smallest absolute Gasteiger partial charge is 0.124 e. The summed E-state index contributed by atoms with van der Waals surface area (Å²) in [6.45, 7) is 4.42. The highest BCUT2D eigenvalue weighted by molar-refractivity contribution is 9.10. The Morgan fingerprint density at radius 1 is 1.25 bits per heavy atom. The molecule has 2 rings (SSSR count). The Morgan fingerprint density at radius 2 is 2.00 bits per heavy atom. The van der Waals surface area contributed by atoms with Gasteiger partial charge in [-0.25, -0.2) is 0 Å².